The molecule has 11 heteroatoms. The van der Waals surface area contributed by atoms with Crippen molar-refractivity contribution in [1.82, 2.24) is 19.6 Å². The van der Waals surface area contributed by atoms with Gasteiger partial charge in [0.1, 0.15) is 17.9 Å². The Kier molecular flexibility index (Phi) is 13.2. The second kappa shape index (κ2) is 15.0. The van der Waals surface area contributed by atoms with Crippen LogP contribution in [0.4, 0.5) is 0 Å². The van der Waals surface area contributed by atoms with Gasteiger partial charge in [0.25, 0.3) is 0 Å². The number of carbonyl (C=O) groups excluding carboxylic acids is 1. The molecule has 0 aromatic carbocycles. The maximum absolute atomic E-state index is 12.1. The van der Waals surface area contributed by atoms with Crippen LogP contribution in [0.15, 0.2) is 0 Å². The standard InChI is InChI=1S/C23H42N4O7/c1-5-24-8-12-26(18(4)22(31)32)13-10-25(16-21(29)30)11-15-27(14-9-24)19(23(33)34)6-7-20(28)17(2)3/h17-19H,5-16H2,1-4H3,(H,29,30)(H,31,32)(H,33,34). The molecule has 0 radical (unpaired) electrons. The minimum atomic E-state index is -0.994. The zero-order valence-electron chi connectivity index (χ0n) is 21.0. The van der Waals surface area contributed by atoms with Crippen LogP contribution in [-0.2, 0) is 19.2 Å². The highest BCUT2D eigenvalue weighted by atomic mass is 16.4. The summed E-state index contributed by atoms with van der Waals surface area (Å²) in [5.74, 6) is -3.04. The fourth-order valence-corrected chi connectivity index (χ4v) is 4.08. The van der Waals surface area contributed by atoms with Gasteiger partial charge in [-0.1, -0.05) is 20.8 Å². The maximum Gasteiger partial charge on any atom is 0.320 e. The number of hydrogen-bond donors (Lipinski definition) is 3. The topological polar surface area (TPSA) is 142 Å². The second-order valence-corrected chi connectivity index (χ2v) is 9.20. The van der Waals surface area contributed by atoms with Crippen molar-refractivity contribution in [3.63, 3.8) is 0 Å². The Balaban J connectivity index is 3.08. The average Bonchev–Trinajstić information content (AvgIpc) is 2.75. The van der Waals surface area contributed by atoms with Crippen LogP contribution in [-0.4, -0.2) is 136 Å². The monoisotopic (exact) mass is 486 g/mol. The van der Waals surface area contributed by atoms with Crippen LogP contribution < -0.4 is 0 Å². The third-order valence-corrected chi connectivity index (χ3v) is 6.56. The van der Waals surface area contributed by atoms with Gasteiger partial charge in [0.2, 0.25) is 0 Å². The van der Waals surface area contributed by atoms with Crippen LogP contribution in [0.5, 0.6) is 0 Å². The van der Waals surface area contributed by atoms with E-state index >= 15 is 0 Å². The molecule has 34 heavy (non-hydrogen) atoms. The van der Waals surface area contributed by atoms with Crippen LogP contribution >= 0.6 is 0 Å². The van der Waals surface area contributed by atoms with E-state index in [-0.39, 0.29) is 31.1 Å². The molecule has 1 saturated heterocycles. The summed E-state index contributed by atoms with van der Waals surface area (Å²) in [6, 6.07) is -1.53. The van der Waals surface area contributed by atoms with E-state index in [2.05, 4.69) is 4.90 Å². The number of nitrogens with zero attached hydrogens (tertiary/aromatic N) is 4. The third kappa shape index (κ3) is 10.5. The lowest BCUT2D eigenvalue weighted by molar-refractivity contribution is -0.144. The summed E-state index contributed by atoms with van der Waals surface area (Å²) in [7, 11) is 0. The molecule has 0 saturated carbocycles. The third-order valence-electron chi connectivity index (χ3n) is 6.56. The highest BCUT2D eigenvalue weighted by molar-refractivity contribution is 5.81. The van der Waals surface area contributed by atoms with Crippen molar-refractivity contribution in [2.45, 2.75) is 52.6 Å². The first-order chi connectivity index (χ1) is 16.0. The molecule has 2 atom stereocenters. The van der Waals surface area contributed by atoms with E-state index in [1.165, 1.54) is 0 Å². The Morgan fingerprint density at radius 1 is 0.735 bits per heavy atom. The molecule has 0 aliphatic carbocycles. The Morgan fingerprint density at radius 2 is 1.24 bits per heavy atom. The van der Waals surface area contributed by atoms with Crippen molar-refractivity contribution in [2.24, 2.45) is 5.92 Å². The summed E-state index contributed by atoms with van der Waals surface area (Å²) in [4.78, 5) is 54.8. The number of ketones is 1. The van der Waals surface area contributed by atoms with Crippen molar-refractivity contribution in [2.75, 3.05) is 65.4 Å². The predicted molar refractivity (Wildman–Crippen MR) is 127 cm³/mol. The van der Waals surface area contributed by atoms with E-state index in [9.17, 15) is 34.5 Å². The van der Waals surface area contributed by atoms with Crippen LogP contribution in [0, 0.1) is 5.92 Å². The van der Waals surface area contributed by atoms with Crippen molar-refractivity contribution in [3.8, 4) is 0 Å². The van der Waals surface area contributed by atoms with Gasteiger partial charge in [0.15, 0.2) is 0 Å². The number of rotatable bonds is 11. The SMILES string of the molecule is CCN1CCN(C(C)C(=O)O)CCN(CC(=O)O)CCN(C(CCC(=O)C(C)C)C(=O)O)CC1. The van der Waals surface area contributed by atoms with E-state index in [4.69, 9.17) is 0 Å². The highest BCUT2D eigenvalue weighted by Crippen LogP contribution is 2.13. The smallest absolute Gasteiger partial charge is 0.320 e. The van der Waals surface area contributed by atoms with Gasteiger partial charge >= 0.3 is 17.9 Å². The molecule has 0 spiro atoms. The molecule has 0 bridgehead atoms. The van der Waals surface area contributed by atoms with Gasteiger partial charge in [-0.2, -0.15) is 0 Å². The number of likely N-dealkylation sites (N-methyl/N-ethyl adjacent to an activating group) is 1. The number of hydrogen-bond acceptors (Lipinski definition) is 8. The van der Waals surface area contributed by atoms with Gasteiger partial charge in [-0.25, -0.2) is 0 Å². The Labute approximate surface area is 202 Å². The van der Waals surface area contributed by atoms with E-state index in [1.54, 1.807) is 25.7 Å². The summed E-state index contributed by atoms with van der Waals surface area (Å²) >= 11 is 0. The number of aliphatic carboxylic acids is 3. The molecule has 11 nitrogen and oxygen atoms in total. The molecule has 1 aliphatic rings. The largest absolute Gasteiger partial charge is 0.480 e. The highest BCUT2D eigenvalue weighted by Gasteiger charge is 2.29. The molecular formula is C23H42N4O7. The van der Waals surface area contributed by atoms with Crippen molar-refractivity contribution in [3.05, 3.63) is 0 Å². The number of Topliss-reactive ketones (excluding diaryl/α,β-unsaturated/α-hetero) is 1. The molecule has 196 valence electrons. The Hall–Kier alpha value is -2.08. The van der Waals surface area contributed by atoms with Gasteiger partial charge in [0.05, 0.1) is 6.54 Å². The van der Waals surface area contributed by atoms with Crippen LogP contribution in [0.3, 0.4) is 0 Å². The first-order valence-electron chi connectivity index (χ1n) is 12.1. The zero-order valence-corrected chi connectivity index (χ0v) is 21.0. The predicted octanol–water partition coefficient (Wildman–Crippen LogP) is 0.244. The summed E-state index contributed by atoms with van der Waals surface area (Å²) in [5, 5.41) is 28.7. The van der Waals surface area contributed by atoms with E-state index in [0.717, 1.165) is 6.54 Å². The number of carbonyl (C=O) groups is 4. The average molecular weight is 487 g/mol. The minimum absolute atomic E-state index is 0.0240. The summed E-state index contributed by atoms with van der Waals surface area (Å²) in [6.07, 6.45) is 0.394. The molecule has 0 aromatic heterocycles. The van der Waals surface area contributed by atoms with E-state index in [1.807, 2.05) is 16.7 Å². The maximum atomic E-state index is 12.1. The first-order valence-corrected chi connectivity index (χ1v) is 12.1. The van der Waals surface area contributed by atoms with Crippen molar-refractivity contribution < 1.29 is 34.5 Å². The minimum Gasteiger partial charge on any atom is -0.480 e. The molecular weight excluding hydrogens is 444 g/mol. The Bertz CT molecular complexity index is 688. The number of carboxylic acid groups (broad SMARTS) is 3. The van der Waals surface area contributed by atoms with Crippen LogP contribution in [0.2, 0.25) is 0 Å². The van der Waals surface area contributed by atoms with E-state index < -0.39 is 30.0 Å². The molecule has 1 fully saturated rings. The summed E-state index contributed by atoms with van der Waals surface area (Å²) in [5.41, 5.74) is 0. The van der Waals surface area contributed by atoms with Gasteiger partial charge in [-0.3, -0.25) is 33.9 Å². The zero-order chi connectivity index (χ0) is 25.8. The lowest BCUT2D eigenvalue weighted by Gasteiger charge is -2.36. The molecule has 0 aromatic rings. The molecule has 1 rings (SSSR count). The number of carboxylic acids is 3. The normalized spacial score (nSPS) is 20.3. The van der Waals surface area contributed by atoms with Gasteiger partial charge < -0.3 is 20.2 Å². The fraction of sp³-hybridized carbons (Fsp3) is 0.826. The first kappa shape index (κ1) is 30.0. The molecule has 2 unspecified atom stereocenters. The van der Waals surface area contributed by atoms with Gasteiger partial charge in [-0.05, 0) is 19.9 Å². The molecule has 3 N–H and O–H groups in total. The van der Waals surface area contributed by atoms with Crippen LogP contribution in [0.25, 0.3) is 0 Å². The lowest BCUT2D eigenvalue weighted by atomic mass is 10.0. The van der Waals surface area contributed by atoms with Gasteiger partial charge in [-0.15, -0.1) is 0 Å². The second-order valence-electron chi connectivity index (χ2n) is 9.20. The van der Waals surface area contributed by atoms with Crippen LogP contribution in [0.1, 0.15) is 40.5 Å². The van der Waals surface area contributed by atoms with Crippen molar-refractivity contribution >= 4 is 23.7 Å². The van der Waals surface area contributed by atoms with Gasteiger partial charge in [0, 0.05) is 64.7 Å². The molecule has 1 heterocycles. The summed E-state index contributed by atoms with van der Waals surface area (Å²) in [6.45, 7) is 11.3. The quantitative estimate of drug-likeness (QED) is 0.370. The fourth-order valence-electron chi connectivity index (χ4n) is 4.08. The molecule has 0 amide bonds. The summed E-state index contributed by atoms with van der Waals surface area (Å²) < 4.78 is 0. The molecule has 1 aliphatic heterocycles. The lowest BCUT2D eigenvalue weighted by Crippen LogP contribution is -2.52. The van der Waals surface area contributed by atoms with Crippen molar-refractivity contribution in [1.29, 1.82) is 0 Å². The Morgan fingerprint density at radius 3 is 1.65 bits per heavy atom. The van der Waals surface area contributed by atoms with E-state index in [0.29, 0.717) is 52.4 Å².